The first kappa shape index (κ1) is 17.3. The smallest absolute Gasteiger partial charge is 0.260 e. The van der Waals surface area contributed by atoms with Crippen molar-refractivity contribution in [2.75, 3.05) is 7.05 Å². The second kappa shape index (κ2) is 6.33. The lowest BCUT2D eigenvalue weighted by molar-refractivity contribution is 0.0734. The second-order valence-corrected chi connectivity index (χ2v) is 4.90. The number of carbonyl (C=O) groups is 1. The van der Waals surface area contributed by atoms with Crippen molar-refractivity contribution >= 4 is 23.1 Å². The van der Waals surface area contributed by atoms with E-state index in [-0.39, 0.29) is 11.4 Å². The molecule has 0 aliphatic rings. The minimum Gasteiger partial charge on any atom is -0.393 e. The lowest BCUT2D eigenvalue weighted by Crippen LogP contribution is -2.38. The summed E-state index contributed by atoms with van der Waals surface area (Å²) in [5.74, 6) is -12.4. The van der Waals surface area contributed by atoms with Gasteiger partial charge in [0.15, 0.2) is 23.3 Å². The van der Waals surface area contributed by atoms with E-state index in [1.54, 1.807) is 0 Å². The van der Waals surface area contributed by atoms with Gasteiger partial charge in [-0.25, -0.2) is 22.0 Å². The quantitative estimate of drug-likeness (QED) is 0.400. The number of nitrogens with two attached hydrogens (primary N) is 1. The molecular formula is C12H11F5N2OS. The predicted molar refractivity (Wildman–Crippen MR) is 69.2 cm³/mol. The summed E-state index contributed by atoms with van der Waals surface area (Å²) < 4.78 is 66.1. The van der Waals surface area contributed by atoms with Gasteiger partial charge >= 0.3 is 0 Å². The third-order valence-electron chi connectivity index (χ3n) is 2.90. The molecule has 1 unspecified atom stereocenters. The van der Waals surface area contributed by atoms with E-state index in [1.165, 1.54) is 6.92 Å². The fourth-order valence-corrected chi connectivity index (χ4v) is 1.84. The van der Waals surface area contributed by atoms with Crippen LogP contribution >= 0.6 is 12.2 Å². The van der Waals surface area contributed by atoms with Gasteiger partial charge in [-0.15, -0.1) is 0 Å². The van der Waals surface area contributed by atoms with E-state index in [1.807, 2.05) is 0 Å². The topological polar surface area (TPSA) is 46.3 Å². The van der Waals surface area contributed by atoms with Crippen molar-refractivity contribution in [3.63, 3.8) is 0 Å². The maximum Gasteiger partial charge on any atom is 0.260 e. The molecule has 1 atom stereocenters. The molecule has 3 nitrogen and oxygen atoms in total. The molecule has 9 heteroatoms. The Balaban J connectivity index is 3.28. The first-order valence-corrected chi connectivity index (χ1v) is 6.07. The highest BCUT2D eigenvalue weighted by atomic mass is 32.1. The van der Waals surface area contributed by atoms with Gasteiger partial charge < -0.3 is 10.6 Å². The Morgan fingerprint density at radius 1 is 1.10 bits per heavy atom. The lowest BCUT2D eigenvalue weighted by atomic mass is 10.1. The number of rotatable bonds is 4. The van der Waals surface area contributed by atoms with Crippen molar-refractivity contribution in [1.82, 2.24) is 4.90 Å². The number of carbonyl (C=O) groups excluding carboxylic acids is 1. The summed E-state index contributed by atoms with van der Waals surface area (Å²) in [6.45, 7) is 1.46. The number of benzene rings is 1. The second-order valence-electron chi connectivity index (χ2n) is 4.38. The Hall–Kier alpha value is -1.77. The Kier molecular flexibility index (Phi) is 5.21. The highest BCUT2D eigenvalue weighted by Gasteiger charge is 2.32. The molecule has 1 rings (SSSR count). The minimum absolute atomic E-state index is 0.0347. The molecule has 0 fully saturated rings. The maximum absolute atomic E-state index is 13.5. The van der Waals surface area contributed by atoms with Gasteiger partial charge in [0.1, 0.15) is 5.56 Å². The highest BCUT2D eigenvalue weighted by molar-refractivity contribution is 7.80. The van der Waals surface area contributed by atoms with Crippen LogP contribution in [0.1, 0.15) is 23.7 Å². The zero-order chi connectivity index (χ0) is 16.5. The summed E-state index contributed by atoms with van der Waals surface area (Å²) in [5, 5.41) is 0. The van der Waals surface area contributed by atoms with Gasteiger partial charge in [0, 0.05) is 19.5 Å². The molecule has 1 amide bonds. The van der Waals surface area contributed by atoms with Crippen LogP contribution in [-0.4, -0.2) is 28.9 Å². The molecule has 0 aliphatic carbocycles. The Morgan fingerprint density at radius 2 is 1.48 bits per heavy atom. The van der Waals surface area contributed by atoms with Crippen LogP contribution in [-0.2, 0) is 0 Å². The highest BCUT2D eigenvalue weighted by Crippen LogP contribution is 2.24. The Morgan fingerprint density at radius 3 is 1.86 bits per heavy atom. The monoisotopic (exact) mass is 326 g/mol. The van der Waals surface area contributed by atoms with E-state index >= 15 is 0 Å². The first-order chi connectivity index (χ1) is 9.59. The normalized spacial score (nSPS) is 12.1. The van der Waals surface area contributed by atoms with Crippen molar-refractivity contribution < 1.29 is 26.7 Å². The number of hydrogen-bond donors (Lipinski definition) is 1. The fraction of sp³-hybridized carbons (Fsp3) is 0.333. The van der Waals surface area contributed by atoms with E-state index in [0.29, 0.717) is 0 Å². The van der Waals surface area contributed by atoms with Crippen LogP contribution < -0.4 is 5.73 Å². The zero-order valence-corrected chi connectivity index (χ0v) is 11.8. The molecule has 0 heterocycles. The zero-order valence-electron chi connectivity index (χ0n) is 11.0. The van der Waals surface area contributed by atoms with Gasteiger partial charge in [-0.1, -0.05) is 12.2 Å². The number of nitrogens with zero attached hydrogens (tertiary/aromatic N) is 1. The summed E-state index contributed by atoms with van der Waals surface area (Å²) >= 11 is 4.63. The molecule has 2 N–H and O–H groups in total. The SMILES string of the molecule is CC(CC(N)=S)N(C)C(=O)c1c(F)c(F)c(F)c(F)c1F. The predicted octanol–water partition coefficient (Wildman–Crippen LogP) is 2.52. The molecule has 0 bridgehead atoms. The van der Waals surface area contributed by atoms with E-state index in [2.05, 4.69) is 12.2 Å². The van der Waals surface area contributed by atoms with Gasteiger partial charge in [-0.05, 0) is 6.92 Å². The number of hydrogen-bond acceptors (Lipinski definition) is 2. The van der Waals surface area contributed by atoms with Crippen LogP contribution in [0.4, 0.5) is 22.0 Å². The van der Waals surface area contributed by atoms with Crippen molar-refractivity contribution in [3.8, 4) is 0 Å². The van der Waals surface area contributed by atoms with Crippen molar-refractivity contribution in [1.29, 1.82) is 0 Å². The molecule has 0 spiro atoms. The van der Waals surface area contributed by atoms with Crippen LogP contribution in [0.2, 0.25) is 0 Å². The summed E-state index contributed by atoms with van der Waals surface area (Å²) in [4.78, 5) is 12.8. The lowest BCUT2D eigenvalue weighted by Gasteiger charge is -2.25. The average molecular weight is 326 g/mol. The van der Waals surface area contributed by atoms with Gasteiger partial charge in [-0.2, -0.15) is 0 Å². The summed E-state index contributed by atoms with van der Waals surface area (Å²) in [6, 6.07) is -0.676. The van der Waals surface area contributed by atoms with Crippen LogP contribution in [0.25, 0.3) is 0 Å². The number of thiocarbonyl (C=S) groups is 1. The Bertz CT molecular complexity index is 579. The van der Waals surface area contributed by atoms with E-state index in [0.717, 1.165) is 11.9 Å². The largest absolute Gasteiger partial charge is 0.393 e. The van der Waals surface area contributed by atoms with Crippen LogP contribution in [0.3, 0.4) is 0 Å². The van der Waals surface area contributed by atoms with Gasteiger partial charge in [-0.3, -0.25) is 4.79 Å². The number of halogens is 5. The van der Waals surface area contributed by atoms with E-state index in [4.69, 9.17) is 5.73 Å². The molecule has 0 saturated carbocycles. The van der Waals surface area contributed by atoms with E-state index < -0.39 is 46.6 Å². The molecular weight excluding hydrogens is 315 g/mol. The van der Waals surface area contributed by atoms with Crippen LogP contribution in [0.5, 0.6) is 0 Å². The molecule has 21 heavy (non-hydrogen) atoms. The molecule has 0 aliphatic heterocycles. The van der Waals surface area contributed by atoms with Crippen molar-refractivity contribution in [2.24, 2.45) is 5.73 Å². The van der Waals surface area contributed by atoms with Crippen molar-refractivity contribution in [2.45, 2.75) is 19.4 Å². The van der Waals surface area contributed by atoms with Crippen LogP contribution in [0, 0.1) is 29.1 Å². The summed E-state index contributed by atoms with van der Waals surface area (Å²) in [7, 11) is 1.14. The standard InChI is InChI=1S/C12H11F5N2OS/c1-4(3-5(18)21)19(2)12(20)6-7(13)9(15)11(17)10(16)8(6)14/h4H,3H2,1-2H3,(H2,18,21). The molecule has 1 aromatic carbocycles. The number of amides is 1. The fourth-order valence-electron chi connectivity index (χ4n) is 1.60. The third kappa shape index (κ3) is 3.29. The molecule has 0 saturated heterocycles. The summed E-state index contributed by atoms with van der Waals surface area (Å²) in [5.41, 5.74) is 3.76. The molecule has 116 valence electrons. The van der Waals surface area contributed by atoms with Crippen LogP contribution in [0.15, 0.2) is 0 Å². The van der Waals surface area contributed by atoms with E-state index in [9.17, 15) is 26.7 Å². The summed E-state index contributed by atoms with van der Waals surface area (Å²) in [6.07, 6.45) is 0.0347. The van der Waals surface area contributed by atoms with Crippen molar-refractivity contribution in [3.05, 3.63) is 34.6 Å². The first-order valence-electron chi connectivity index (χ1n) is 5.66. The molecule has 0 aromatic heterocycles. The van der Waals surface area contributed by atoms with Gasteiger partial charge in [0.2, 0.25) is 5.82 Å². The third-order valence-corrected chi connectivity index (χ3v) is 3.07. The van der Waals surface area contributed by atoms with Gasteiger partial charge in [0.05, 0.1) is 4.99 Å². The van der Waals surface area contributed by atoms with Gasteiger partial charge in [0.25, 0.3) is 5.91 Å². The molecule has 1 aromatic rings. The average Bonchev–Trinajstić information content (AvgIpc) is 2.41. The Labute approximate surface area is 122 Å². The minimum atomic E-state index is -2.32. The molecule has 0 radical (unpaired) electrons. The maximum atomic E-state index is 13.5.